The van der Waals surface area contributed by atoms with Crippen LogP contribution in [-0.4, -0.2) is 53.1 Å². The van der Waals surface area contributed by atoms with Gasteiger partial charge in [0, 0.05) is 17.8 Å². The zero-order valence-electron chi connectivity index (χ0n) is 16.5. The lowest BCUT2D eigenvalue weighted by Crippen LogP contribution is -2.53. The smallest absolute Gasteiger partial charge is 0.328 e. The molecule has 1 aromatic rings. The molecule has 30 heavy (non-hydrogen) atoms. The van der Waals surface area contributed by atoms with E-state index in [1.165, 1.54) is 24.3 Å². The van der Waals surface area contributed by atoms with Crippen molar-refractivity contribution >= 4 is 35.3 Å². The second-order valence-electron chi connectivity index (χ2n) is 6.28. The Morgan fingerprint density at radius 1 is 1.13 bits per heavy atom. The van der Waals surface area contributed by atoms with Crippen LogP contribution in [0.4, 0.5) is 16.2 Å². The van der Waals surface area contributed by atoms with Crippen molar-refractivity contribution in [1.82, 2.24) is 10.6 Å². The Morgan fingerprint density at radius 2 is 1.77 bits per heavy atom. The van der Waals surface area contributed by atoms with Crippen LogP contribution in [0.2, 0.25) is 0 Å². The average Bonchev–Trinajstić information content (AvgIpc) is 2.69. The summed E-state index contributed by atoms with van der Waals surface area (Å²) < 4.78 is 4.64. The summed E-state index contributed by atoms with van der Waals surface area (Å²) in [5, 5.41) is 26.7. The summed E-state index contributed by atoms with van der Waals surface area (Å²) in [7, 11) is 1.16. The summed E-state index contributed by atoms with van der Waals surface area (Å²) in [6.45, 7) is 1.90. The number of benzene rings is 1. The molecule has 12 nitrogen and oxygen atoms in total. The first-order chi connectivity index (χ1) is 14.2. The standard InChI is InChI=1S/C18H24N4O8/c1-3-4-5-13(17(26)30-2)20-16(25)14(10-15(23)24)21-18(27)19-11-6-8-12(9-7-11)22(28)29/h6-9,13-14H,3-5,10H2,1-2H3,(H,20,25)(H,23,24)(H2,19,21,27)/t13-,14-/m0/s1. The number of unbranched alkanes of at least 4 members (excludes halogenated alkanes) is 1. The number of aliphatic carboxylic acids is 1. The molecule has 0 fully saturated rings. The second kappa shape index (κ2) is 12.0. The number of nitro benzene ring substituents is 1. The number of hydrogen-bond acceptors (Lipinski definition) is 7. The van der Waals surface area contributed by atoms with E-state index in [2.05, 4.69) is 20.7 Å². The number of carbonyl (C=O) groups is 4. The third-order valence-corrected chi connectivity index (χ3v) is 3.99. The van der Waals surface area contributed by atoms with Crippen molar-refractivity contribution in [2.45, 2.75) is 44.7 Å². The summed E-state index contributed by atoms with van der Waals surface area (Å²) in [6, 6.07) is 1.57. The fourth-order valence-electron chi connectivity index (χ4n) is 2.45. The maximum absolute atomic E-state index is 12.5. The summed E-state index contributed by atoms with van der Waals surface area (Å²) >= 11 is 0. The number of nitrogens with one attached hydrogen (secondary N) is 3. The fraction of sp³-hybridized carbons (Fsp3) is 0.444. The number of rotatable bonds is 11. The number of nitrogens with zero attached hydrogens (tertiary/aromatic N) is 1. The first-order valence-corrected chi connectivity index (χ1v) is 9.09. The largest absolute Gasteiger partial charge is 0.481 e. The molecule has 0 aliphatic heterocycles. The van der Waals surface area contributed by atoms with Crippen molar-refractivity contribution < 1.29 is 33.9 Å². The molecule has 12 heteroatoms. The summed E-state index contributed by atoms with van der Waals surface area (Å²) in [5.41, 5.74) is 0.0213. The number of esters is 1. The van der Waals surface area contributed by atoms with Gasteiger partial charge in [0.05, 0.1) is 18.5 Å². The van der Waals surface area contributed by atoms with Gasteiger partial charge in [0.1, 0.15) is 12.1 Å². The van der Waals surface area contributed by atoms with Gasteiger partial charge in [-0.3, -0.25) is 19.7 Å². The molecular weight excluding hydrogens is 400 g/mol. The Morgan fingerprint density at radius 3 is 2.27 bits per heavy atom. The molecule has 0 aliphatic carbocycles. The van der Waals surface area contributed by atoms with E-state index in [0.717, 1.165) is 13.5 Å². The number of urea groups is 1. The molecule has 0 radical (unpaired) electrons. The van der Waals surface area contributed by atoms with E-state index in [1.807, 2.05) is 6.92 Å². The summed E-state index contributed by atoms with van der Waals surface area (Å²) in [5.74, 6) is -2.88. The topological polar surface area (TPSA) is 177 Å². The number of anilines is 1. The van der Waals surface area contributed by atoms with Crippen molar-refractivity contribution in [3.63, 3.8) is 0 Å². The monoisotopic (exact) mass is 424 g/mol. The van der Waals surface area contributed by atoms with E-state index in [1.54, 1.807) is 0 Å². The molecule has 164 valence electrons. The van der Waals surface area contributed by atoms with Crippen molar-refractivity contribution in [1.29, 1.82) is 0 Å². The first-order valence-electron chi connectivity index (χ1n) is 9.09. The number of carboxylic acids is 1. The molecule has 1 aromatic carbocycles. The highest BCUT2D eigenvalue weighted by molar-refractivity contribution is 5.96. The van der Waals surface area contributed by atoms with Gasteiger partial charge in [0.2, 0.25) is 5.91 Å². The lowest BCUT2D eigenvalue weighted by molar-refractivity contribution is -0.384. The van der Waals surface area contributed by atoms with E-state index >= 15 is 0 Å². The Kier molecular flexibility index (Phi) is 9.73. The second-order valence-corrected chi connectivity index (χ2v) is 6.28. The molecule has 0 saturated carbocycles. The minimum absolute atomic E-state index is 0.176. The predicted molar refractivity (Wildman–Crippen MR) is 105 cm³/mol. The first kappa shape index (κ1) is 24.3. The minimum Gasteiger partial charge on any atom is -0.481 e. The Hall–Kier alpha value is -3.70. The number of non-ortho nitro benzene ring substituents is 1. The van der Waals surface area contributed by atoms with Gasteiger partial charge in [0.25, 0.3) is 5.69 Å². The van der Waals surface area contributed by atoms with Crippen LogP contribution in [0.3, 0.4) is 0 Å². The van der Waals surface area contributed by atoms with Crippen LogP contribution >= 0.6 is 0 Å². The number of hydrogen-bond donors (Lipinski definition) is 4. The third-order valence-electron chi connectivity index (χ3n) is 3.99. The van der Waals surface area contributed by atoms with Gasteiger partial charge < -0.3 is 25.8 Å². The van der Waals surface area contributed by atoms with Gasteiger partial charge in [-0.1, -0.05) is 19.8 Å². The van der Waals surface area contributed by atoms with Crippen LogP contribution in [-0.2, 0) is 19.1 Å². The van der Waals surface area contributed by atoms with Gasteiger partial charge in [0.15, 0.2) is 0 Å². The molecule has 3 amide bonds. The lowest BCUT2D eigenvalue weighted by Gasteiger charge is -2.21. The van der Waals surface area contributed by atoms with E-state index in [0.29, 0.717) is 12.8 Å². The molecule has 0 aliphatic rings. The van der Waals surface area contributed by atoms with Crippen molar-refractivity contribution in [3.05, 3.63) is 34.4 Å². The molecule has 1 rings (SSSR count). The Bertz CT molecular complexity index is 781. The van der Waals surface area contributed by atoms with Crippen molar-refractivity contribution in [2.75, 3.05) is 12.4 Å². The highest BCUT2D eigenvalue weighted by atomic mass is 16.6. The number of amides is 3. The van der Waals surface area contributed by atoms with Gasteiger partial charge >= 0.3 is 18.0 Å². The number of carbonyl (C=O) groups excluding carboxylic acids is 3. The van der Waals surface area contributed by atoms with E-state index < -0.39 is 47.3 Å². The predicted octanol–water partition coefficient (Wildman–Crippen LogP) is 1.41. The highest BCUT2D eigenvalue weighted by Gasteiger charge is 2.28. The average molecular weight is 424 g/mol. The summed E-state index contributed by atoms with van der Waals surface area (Å²) in [4.78, 5) is 57.6. The zero-order chi connectivity index (χ0) is 22.7. The van der Waals surface area contributed by atoms with Gasteiger partial charge in [-0.2, -0.15) is 0 Å². The van der Waals surface area contributed by atoms with Crippen LogP contribution < -0.4 is 16.0 Å². The van der Waals surface area contributed by atoms with Gasteiger partial charge in [-0.15, -0.1) is 0 Å². The SMILES string of the molecule is CCCC[C@H](NC(=O)[C@H](CC(=O)O)NC(=O)Nc1ccc([N+](=O)[O-])cc1)C(=O)OC. The molecule has 2 atom stereocenters. The highest BCUT2D eigenvalue weighted by Crippen LogP contribution is 2.15. The maximum atomic E-state index is 12.5. The molecule has 0 unspecified atom stereocenters. The number of nitro groups is 1. The summed E-state index contributed by atoms with van der Waals surface area (Å²) in [6.07, 6.45) is 0.959. The molecular formula is C18H24N4O8. The van der Waals surface area contributed by atoms with Crippen LogP contribution in [0.15, 0.2) is 24.3 Å². The third kappa shape index (κ3) is 8.12. The molecule has 0 heterocycles. The molecule has 0 saturated heterocycles. The Balaban J connectivity index is 2.82. The van der Waals surface area contributed by atoms with Gasteiger partial charge in [-0.25, -0.2) is 9.59 Å². The van der Waals surface area contributed by atoms with Crippen LogP contribution in [0.5, 0.6) is 0 Å². The normalized spacial score (nSPS) is 12.2. The maximum Gasteiger partial charge on any atom is 0.328 e. The molecule has 0 spiro atoms. The number of ether oxygens (including phenoxy) is 1. The van der Waals surface area contributed by atoms with Crippen LogP contribution in [0.1, 0.15) is 32.6 Å². The van der Waals surface area contributed by atoms with Crippen molar-refractivity contribution in [3.8, 4) is 0 Å². The number of methoxy groups -OCH3 is 1. The minimum atomic E-state index is -1.46. The molecule has 0 aromatic heterocycles. The van der Waals surface area contributed by atoms with Crippen molar-refractivity contribution in [2.24, 2.45) is 0 Å². The molecule has 0 bridgehead atoms. The zero-order valence-corrected chi connectivity index (χ0v) is 16.5. The Labute approximate surface area is 172 Å². The fourth-order valence-corrected chi connectivity index (χ4v) is 2.45. The van der Waals surface area contributed by atoms with E-state index in [-0.39, 0.29) is 11.4 Å². The van der Waals surface area contributed by atoms with E-state index in [9.17, 15) is 29.3 Å². The van der Waals surface area contributed by atoms with Crippen LogP contribution in [0, 0.1) is 10.1 Å². The van der Waals surface area contributed by atoms with Gasteiger partial charge in [-0.05, 0) is 18.6 Å². The lowest BCUT2D eigenvalue weighted by atomic mass is 10.1. The number of carboxylic acid groups (broad SMARTS) is 1. The molecule has 4 N–H and O–H groups in total. The quantitative estimate of drug-likeness (QED) is 0.234. The van der Waals surface area contributed by atoms with E-state index in [4.69, 9.17) is 5.11 Å². The van der Waals surface area contributed by atoms with Crippen LogP contribution in [0.25, 0.3) is 0 Å².